The van der Waals surface area contributed by atoms with Crippen molar-refractivity contribution in [1.29, 1.82) is 0 Å². The zero-order valence-electron chi connectivity index (χ0n) is 24.7. The maximum absolute atomic E-state index is 11.8. The average Bonchev–Trinajstić information content (AvgIpc) is 3.15. The summed E-state index contributed by atoms with van der Waals surface area (Å²) in [6.07, 6.45) is 0. The summed E-state index contributed by atoms with van der Waals surface area (Å²) >= 11 is -4.16. The minimum atomic E-state index is -2.50. The zero-order chi connectivity index (χ0) is 32.2. The predicted molar refractivity (Wildman–Crippen MR) is 198 cm³/mol. The summed E-state index contributed by atoms with van der Waals surface area (Å²) in [4.78, 5) is 25.7. The van der Waals surface area contributed by atoms with E-state index in [1.165, 1.54) is 31.8 Å². The monoisotopic (exact) mass is 860 g/mol. The Morgan fingerprint density at radius 2 is 0.478 bits per heavy atom. The molecule has 0 spiro atoms. The van der Waals surface area contributed by atoms with E-state index >= 15 is 0 Å². The molecule has 6 aromatic carbocycles. The van der Waals surface area contributed by atoms with Gasteiger partial charge in [-0.2, -0.15) is 0 Å². The molecule has 0 saturated carbocycles. The van der Waals surface area contributed by atoms with Gasteiger partial charge in [0, 0.05) is 0 Å². The van der Waals surface area contributed by atoms with Gasteiger partial charge in [0.15, 0.2) is 0 Å². The topological polar surface area (TPSA) is 34.1 Å². The van der Waals surface area contributed by atoms with Gasteiger partial charge in [-0.1, -0.05) is 0 Å². The number of hydrogen-bond donors (Lipinski definition) is 0. The van der Waals surface area contributed by atoms with Crippen molar-refractivity contribution >= 4 is 72.2 Å². The Labute approximate surface area is 290 Å². The van der Waals surface area contributed by atoms with Gasteiger partial charge in [0.1, 0.15) is 0 Å². The van der Waals surface area contributed by atoms with E-state index in [1.54, 1.807) is 0 Å². The minimum absolute atomic E-state index is 1.02. The van der Waals surface area contributed by atoms with Gasteiger partial charge in [0.2, 0.25) is 0 Å². The fraction of sp³-hybridized carbons (Fsp3) is 0. The maximum atomic E-state index is 11.8. The predicted octanol–water partition coefficient (Wildman–Crippen LogP) is 7.18. The van der Waals surface area contributed by atoms with E-state index in [0.717, 1.165) is 9.76 Å². The summed E-state index contributed by atoms with van der Waals surface area (Å²) in [7, 11) is 13.6. The molecule has 46 heavy (non-hydrogen) atoms. The number of halogens is 2. The van der Waals surface area contributed by atoms with Gasteiger partial charge in [0.05, 0.1) is 0 Å². The summed E-state index contributed by atoms with van der Waals surface area (Å²) in [5.41, 5.74) is -5.00. The number of rotatable bonds is 10. The van der Waals surface area contributed by atoms with Crippen LogP contribution in [0.1, 0.15) is 0 Å². The molecule has 0 bridgehead atoms. The number of benzene rings is 6. The van der Waals surface area contributed by atoms with Gasteiger partial charge in [0.25, 0.3) is 0 Å². The van der Waals surface area contributed by atoms with Crippen LogP contribution in [-0.4, -0.2) is 9.76 Å². The molecule has 8 heteroatoms. The molecule has 0 radical (unpaired) electrons. The van der Waals surface area contributed by atoms with Crippen LogP contribution in [0.2, 0.25) is 0 Å². The quantitative estimate of drug-likeness (QED) is 0.0832. The molecule has 6 rings (SSSR count). The first kappa shape index (κ1) is 34.7. The SMILES string of the molecule is O=[CH][Rh]([Cl])[PH](c1ccccc1)(c1ccccc1)c1ccccc1.O=[CH][Rh]([Cl])[PH](c1ccccc1)(c1ccccc1)c1ccccc1. The van der Waals surface area contributed by atoms with Crippen LogP contribution < -0.4 is 31.8 Å². The normalized spacial score (nSPS) is 12.5. The molecule has 0 fully saturated rings. The van der Waals surface area contributed by atoms with Crippen molar-refractivity contribution in [3.63, 3.8) is 0 Å². The second kappa shape index (κ2) is 17.0. The number of carbonyl (C=O) groups excluding carboxylic acids is 2. The van der Waals surface area contributed by atoms with Crippen molar-refractivity contribution in [2.24, 2.45) is 0 Å². The van der Waals surface area contributed by atoms with Gasteiger partial charge < -0.3 is 0 Å². The van der Waals surface area contributed by atoms with E-state index in [-0.39, 0.29) is 0 Å². The molecule has 0 atom stereocenters. The molecule has 0 amide bonds. The van der Waals surface area contributed by atoms with Gasteiger partial charge in [-0.3, -0.25) is 0 Å². The fourth-order valence-electron chi connectivity index (χ4n) is 5.63. The van der Waals surface area contributed by atoms with E-state index in [9.17, 15) is 9.59 Å². The molecule has 0 aliphatic heterocycles. The standard InChI is InChI=1S/2C18H15P.2CHO.2ClH.2Rh/c2*1-4-10-16(11-5-1)19(17-12-6-2-7-13-17)18-14-8-3-9-15-18;2*1-2;;;;/h2*1-15H;2*1H;2*1H;;. The summed E-state index contributed by atoms with van der Waals surface area (Å²) in [5.74, 6) is 0. The first-order valence-corrected chi connectivity index (χ1v) is 29.1. The van der Waals surface area contributed by atoms with E-state index in [4.69, 9.17) is 19.4 Å². The van der Waals surface area contributed by atoms with Crippen LogP contribution in [0.4, 0.5) is 0 Å². The molecule has 0 aliphatic carbocycles. The van der Waals surface area contributed by atoms with Crippen molar-refractivity contribution in [2.45, 2.75) is 0 Å². The van der Waals surface area contributed by atoms with E-state index < -0.39 is 40.1 Å². The Hall–Kier alpha value is -2.65. The van der Waals surface area contributed by atoms with Crippen molar-refractivity contribution < 1.29 is 38.5 Å². The molecule has 2 nitrogen and oxygen atoms in total. The van der Waals surface area contributed by atoms with Crippen molar-refractivity contribution in [1.82, 2.24) is 0 Å². The molecule has 0 aromatic heterocycles. The van der Waals surface area contributed by atoms with Crippen LogP contribution in [-0.2, 0) is 38.5 Å². The second-order valence-electron chi connectivity index (χ2n) is 10.1. The van der Waals surface area contributed by atoms with Crippen LogP contribution in [0, 0.1) is 0 Å². The fourth-order valence-corrected chi connectivity index (χ4v) is 35.3. The van der Waals surface area contributed by atoms with Crippen molar-refractivity contribution in [3.8, 4) is 0 Å². The molecule has 0 aliphatic rings. The molecule has 0 saturated heterocycles. The van der Waals surface area contributed by atoms with Crippen LogP contribution in [0.25, 0.3) is 0 Å². The Morgan fingerprint density at radius 3 is 0.609 bits per heavy atom. The summed E-state index contributed by atoms with van der Waals surface area (Å²) < 4.78 is 0. The van der Waals surface area contributed by atoms with E-state index in [1.807, 2.05) is 109 Å². The first-order chi connectivity index (χ1) is 22.6. The van der Waals surface area contributed by atoms with Gasteiger partial charge >= 0.3 is 293 Å². The molecule has 0 N–H and O–H groups in total. The summed E-state index contributed by atoms with van der Waals surface area (Å²) in [5, 5.41) is 7.21. The third kappa shape index (κ3) is 7.10. The Balaban J connectivity index is 0.000000181. The Bertz CT molecular complexity index is 1470. The average molecular weight is 861 g/mol. The molecule has 6 aromatic rings. The van der Waals surface area contributed by atoms with Gasteiger partial charge in [-0.15, -0.1) is 0 Å². The van der Waals surface area contributed by atoms with Gasteiger partial charge in [-0.05, 0) is 0 Å². The third-order valence-corrected chi connectivity index (χ3v) is 39.7. The number of hydrogen-bond acceptors (Lipinski definition) is 2. The van der Waals surface area contributed by atoms with Crippen molar-refractivity contribution in [2.75, 3.05) is 0 Å². The van der Waals surface area contributed by atoms with Crippen LogP contribution in [0.5, 0.6) is 0 Å². The van der Waals surface area contributed by atoms with E-state index in [2.05, 4.69) is 72.8 Å². The molecule has 0 heterocycles. The Kier molecular flexibility index (Phi) is 12.8. The van der Waals surface area contributed by atoms with E-state index in [0.29, 0.717) is 0 Å². The summed E-state index contributed by atoms with van der Waals surface area (Å²) in [6, 6.07) is 61.9. The third-order valence-electron chi connectivity index (χ3n) is 7.57. The van der Waals surface area contributed by atoms with Crippen molar-refractivity contribution in [3.05, 3.63) is 182 Å². The summed E-state index contributed by atoms with van der Waals surface area (Å²) in [6.45, 7) is 0. The Morgan fingerprint density at radius 1 is 0.326 bits per heavy atom. The van der Waals surface area contributed by atoms with Crippen LogP contribution in [0.3, 0.4) is 0 Å². The second-order valence-corrected chi connectivity index (χ2v) is 36.4. The molecule has 0 unspecified atom stereocenters. The first-order valence-electron chi connectivity index (χ1n) is 14.4. The van der Waals surface area contributed by atoms with Gasteiger partial charge in [-0.25, -0.2) is 0 Å². The molecular weight excluding hydrogens is 827 g/mol. The number of carbonyl (C=O) groups is 2. The van der Waals surface area contributed by atoms with Crippen LogP contribution in [0.15, 0.2) is 182 Å². The molecule has 240 valence electrons. The molecular formula is C38H34Cl2O2P2Rh2. The van der Waals surface area contributed by atoms with Crippen LogP contribution >= 0.6 is 30.6 Å². The zero-order valence-corrected chi connectivity index (χ0v) is 31.5.